The van der Waals surface area contributed by atoms with Gasteiger partial charge in [0.25, 0.3) is 0 Å². The zero-order valence-corrected chi connectivity index (χ0v) is 13.9. The lowest BCUT2D eigenvalue weighted by Gasteiger charge is -2.14. The number of aromatic hydroxyl groups is 1. The van der Waals surface area contributed by atoms with E-state index >= 15 is 0 Å². The summed E-state index contributed by atoms with van der Waals surface area (Å²) in [5.74, 6) is 0.109. The minimum atomic E-state index is -0.471. The molecule has 0 fully saturated rings. The maximum Gasteiger partial charge on any atom is 0.197 e. The van der Waals surface area contributed by atoms with Crippen LogP contribution in [-0.2, 0) is 13.2 Å². The molecule has 0 heterocycles. The number of rotatable bonds is 6. The summed E-state index contributed by atoms with van der Waals surface area (Å²) in [7, 11) is 0. The van der Waals surface area contributed by atoms with E-state index in [4.69, 9.17) is 9.47 Å². The van der Waals surface area contributed by atoms with Gasteiger partial charge in [0.2, 0.25) is 0 Å². The van der Waals surface area contributed by atoms with Crippen LogP contribution in [0.15, 0.2) is 66.7 Å². The molecule has 0 amide bonds. The fourth-order valence-electron chi connectivity index (χ4n) is 2.51. The van der Waals surface area contributed by atoms with Crippen LogP contribution in [0.2, 0.25) is 0 Å². The average molecular weight is 338 g/mol. The van der Waals surface area contributed by atoms with E-state index in [-0.39, 0.29) is 24.7 Å². The number of hydrogen-bond donors (Lipinski definition) is 1. The van der Waals surface area contributed by atoms with Crippen molar-refractivity contribution in [1.82, 2.24) is 0 Å². The third kappa shape index (κ3) is 4.51. The molecule has 3 aromatic rings. The van der Waals surface area contributed by atoms with Gasteiger partial charge in [-0.25, -0.2) is 4.39 Å². The SMILES string of the molecule is Cc1cccc(COc2c(F)cccc2OCc2cccc(O)c2)c1. The van der Waals surface area contributed by atoms with Crippen LogP contribution in [0.1, 0.15) is 16.7 Å². The summed E-state index contributed by atoms with van der Waals surface area (Å²) in [5.41, 5.74) is 2.87. The highest BCUT2D eigenvalue weighted by atomic mass is 19.1. The van der Waals surface area contributed by atoms with Crippen LogP contribution in [0.25, 0.3) is 0 Å². The third-order valence-electron chi connectivity index (χ3n) is 3.70. The number of halogens is 1. The molecule has 0 unspecified atom stereocenters. The van der Waals surface area contributed by atoms with Gasteiger partial charge >= 0.3 is 0 Å². The Balaban J connectivity index is 1.73. The molecule has 0 spiro atoms. The Morgan fingerprint density at radius 3 is 2.28 bits per heavy atom. The number of ether oxygens (including phenoxy) is 2. The monoisotopic (exact) mass is 338 g/mol. The Kier molecular flexibility index (Phi) is 5.19. The molecule has 0 saturated heterocycles. The topological polar surface area (TPSA) is 38.7 Å². The van der Waals surface area contributed by atoms with Crippen molar-refractivity contribution in [3.8, 4) is 17.2 Å². The quantitative estimate of drug-likeness (QED) is 0.687. The first-order chi connectivity index (χ1) is 12.1. The van der Waals surface area contributed by atoms with Gasteiger partial charge in [-0.2, -0.15) is 0 Å². The first-order valence-corrected chi connectivity index (χ1v) is 7.99. The van der Waals surface area contributed by atoms with Gasteiger partial charge in [-0.3, -0.25) is 0 Å². The zero-order chi connectivity index (χ0) is 17.6. The molecule has 0 aromatic heterocycles. The summed E-state index contributed by atoms with van der Waals surface area (Å²) in [6.07, 6.45) is 0. The zero-order valence-electron chi connectivity index (χ0n) is 13.9. The van der Waals surface area contributed by atoms with E-state index in [2.05, 4.69) is 0 Å². The summed E-state index contributed by atoms with van der Waals surface area (Å²) < 4.78 is 25.5. The lowest BCUT2D eigenvalue weighted by atomic mass is 10.1. The predicted molar refractivity (Wildman–Crippen MR) is 94.3 cm³/mol. The van der Waals surface area contributed by atoms with Crippen LogP contribution in [0, 0.1) is 12.7 Å². The highest BCUT2D eigenvalue weighted by Gasteiger charge is 2.12. The number of para-hydroxylation sites is 1. The lowest BCUT2D eigenvalue weighted by molar-refractivity contribution is 0.245. The molecule has 4 heteroatoms. The van der Waals surface area contributed by atoms with Gasteiger partial charge in [-0.1, -0.05) is 48.0 Å². The van der Waals surface area contributed by atoms with Crippen LogP contribution in [0.4, 0.5) is 4.39 Å². The van der Waals surface area contributed by atoms with Gasteiger partial charge in [0.1, 0.15) is 19.0 Å². The second kappa shape index (κ2) is 7.71. The standard InChI is InChI=1S/C21H19FO3/c1-15-5-2-6-16(11-15)14-25-21-19(22)9-4-10-20(21)24-13-17-7-3-8-18(23)12-17/h2-12,23H,13-14H2,1H3. The van der Waals surface area contributed by atoms with Crippen molar-refractivity contribution < 1.29 is 19.0 Å². The molecule has 3 nitrogen and oxygen atoms in total. The van der Waals surface area contributed by atoms with Crippen LogP contribution < -0.4 is 9.47 Å². The van der Waals surface area contributed by atoms with Crippen molar-refractivity contribution in [2.45, 2.75) is 20.1 Å². The highest BCUT2D eigenvalue weighted by molar-refractivity contribution is 5.41. The van der Waals surface area contributed by atoms with Gasteiger partial charge in [0.05, 0.1) is 0 Å². The van der Waals surface area contributed by atoms with E-state index in [1.54, 1.807) is 30.3 Å². The Hall–Kier alpha value is -3.01. The normalized spacial score (nSPS) is 10.5. The molecule has 0 radical (unpaired) electrons. The fraction of sp³-hybridized carbons (Fsp3) is 0.143. The largest absolute Gasteiger partial charge is 0.508 e. The molecule has 0 atom stereocenters. The smallest absolute Gasteiger partial charge is 0.197 e. The Morgan fingerprint density at radius 1 is 0.840 bits per heavy atom. The van der Waals surface area contributed by atoms with E-state index < -0.39 is 5.82 Å². The van der Waals surface area contributed by atoms with Crippen molar-refractivity contribution in [3.05, 3.63) is 89.2 Å². The summed E-state index contributed by atoms with van der Waals surface area (Å²) >= 11 is 0. The molecule has 1 N–H and O–H groups in total. The number of aryl methyl sites for hydroxylation is 1. The second-order valence-corrected chi connectivity index (χ2v) is 5.80. The average Bonchev–Trinajstić information content (AvgIpc) is 2.59. The fourth-order valence-corrected chi connectivity index (χ4v) is 2.51. The first-order valence-electron chi connectivity index (χ1n) is 7.99. The van der Waals surface area contributed by atoms with E-state index in [0.29, 0.717) is 5.75 Å². The number of phenols is 1. The van der Waals surface area contributed by atoms with Gasteiger partial charge in [0.15, 0.2) is 17.3 Å². The van der Waals surface area contributed by atoms with Crippen molar-refractivity contribution in [2.24, 2.45) is 0 Å². The molecule has 0 bridgehead atoms. The maximum absolute atomic E-state index is 14.2. The molecule has 0 saturated carbocycles. The number of benzene rings is 3. The molecule has 0 aliphatic carbocycles. The third-order valence-corrected chi connectivity index (χ3v) is 3.70. The van der Waals surface area contributed by atoms with Crippen molar-refractivity contribution >= 4 is 0 Å². The van der Waals surface area contributed by atoms with Gasteiger partial charge in [-0.15, -0.1) is 0 Å². The first kappa shape index (κ1) is 16.8. The predicted octanol–water partition coefficient (Wildman–Crippen LogP) is 5.00. The molecular formula is C21H19FO3. The molecule has 128 valence electrons. The van der Waals surface area contributed by atoms with Crippen molar-refractivity contribution in [1.29, 1.82) is 0 Å². The van der Waals surface area contributed by atoms with Crippen molar-refractivity contribution in [3.63, 3.8) is 0 Å². The second-order valence-electron chi connectivity index (χ2n) is 5.80. The maximum atomic E-state index is 14.2. The number of hydrogen-bond acceptors (Lipinski definition) is 3. The summed E-state index contributed by atoms with van der Waals surface area (Å²) in [6, 6.07) is 19.2. The molecule has 3 rings (SSSR count). The van der Waals surface area contributed by atoms with Crippen LogP contribution >= 0.6 is 0 Å². The molecular weight excluding hydrogens is 319 g/mol. The highest BCUT2D eigenvalue weighted by Crippen LogP contribution is 2.31. The van der Waals surface area contributed by atoms with Gasteiger partial charge in [-0.05, 0) is 42.3 Å². The molecule has 3 aromatic carbocycles. The van der Waals surface area contributed by atoms with E-state index in [0.717, 1.165) is 16.7 Å². The minimum Gasteiger partial charge on any atom is -0.508 e. The summed E-state index contributed by atoms with van der Waals surface area (Å²) in [5, 5.41) is 9.50. The summed E-state index contributed by atoms with van der Waals surface area (Å²) in [4.78, 5) is 0. The number of phenolic OH excluding ortho intramolecular Hbond substituents is 1. The van der Waals surface area contributed by atoms with Crippen LogP contribution in [0.5, 0.6) is 17.2 Å². The van der Waals surface area contributed by atoms with E-state index in [9.17, 15) is 9.50 Å². The van der Waals surface area contributed by atoms with E-state index in [1.807, 2.05) is 37.3 Å². The Morgan fingerprint density at radius 2 is 1.52 bits per heavy atom. The molecule has 25 heavy (non-hydrogen) atoms. The lowest BCUT2D eigenvalue weighted by Crippen LogP contribution is -2.02. The summed E-state index contributed by atoms with van der Waals surface area (Å²) in [6.45, 7) is 2.46. The molecule has 0 aliphatic rings. The van der Waals surface area contributed by atoms with Crippen molar-refractivity contribution in [2.75, 3.05) is 0 Å². The Labute approximate surface area is 146 Å². The van der Waals surface area contributed by atoms with Gasteiger partial charge in [0, 0.05) is 0 Å². The van der Waals surface area contributed by atoms with Crippen LogP contribution in [-0.4, -0.2) is 5.11 Å². The van der Waals surface area contributed by atoms with Crippen LogP contribution in [0.3, 0.4) is 0 Å². The van der Waals surface area contributed by atoms with E-state index in [1.165, 1.54) is 6.07 Å². The Bertz CT molecular complexity index is 861. The van der Waals surface area contributed by atoms with Gasteiger partial charge < -0.3 is 14.6 Å². The minimum absolute atomic E-state index is 0.0872. The molecule has 0 aliphatic heterocycles.